The fourth-order valence-corrected chi connectivity index (χ4v) is 5.66. The summed E-state index contributed by atoms with van der Waals surface area (Å²) >= 11 is 0. The summed E-state index contributed by atoms with van der Waals surface area (Å²) in [6.07, 6.45) is -3.07. The molecule has 2 aliphatic carbocycles. The van der Waals surface area contributed by atoms with E-state index in [1.165, 1.54) is 0 Å². The molecule has 0 aliphatic heterocycles. The standard InChI is InChI=1S/C24H30O6/c1-13(2)15-8-10-17(11-9-15)20-22(28,18(26)12-25)24(30)19(21(27)23(20,24)29)16-6-4-14(3)5-7-16/h4-11,13,18-21,25-30H,12H2,1-3H3/t18-,19?,20?,21?,22+,23+,24+/m1/s1. The molecule has 4 rings (SSSR count). The third-order valence-electron chi connectivity index (χ3n) is 7.37. The van der Waals surface area contributed by atoms with Crippen LogP contribution in [0.15, 0.2) is 48.5 Å². The average molecular weight is 414 g/mol. The maximum absolute atomic E-state index is 11.6. The molecule has 2 aliphatic rings. The van der Waals surface area contributed by atoms with Gasteiger partial charge in [0.2, 0.25) is 0 Å². The van der Waals surface area contributed by atoms with E-state index in [1.807, 2.05) is 45.0 Å². The van der Waals surface area contributed by atoms with Gasteiger partial charge in [0, 0.05) is 5.92 Å². The second-order valence-corrected chi connectivity index (χ2v) is 9.20. The van der Waals surface area contributed by atoms with Gasteiger partial charge < -0.3 is 30.6 Å². The number of aliphatic hydroxyl groups excluding tert-OH is 3. The van der Waals surface area contributed by atoms with Crippen molar-refractivity contribution in [2.24, 2.45) is 0 Å². The summed E-state index contributed by atoms with van der Waals surface area (Å²) in [6, 6.07) is 14.2. The number of aryl methyl sites for hydroxylation is 1. The van der Waals surface area contributed by atoms with Gasteiger partial charge in [-0.3, -0.25) is 0 Å². The van der Waals surface area contributed by atoms with E-state index in [-0.39, 0.29) is 5.92 Å². The summed E-state index contributed by atoms with van der Waals surface area (Å²) in [5, 5.41) is 65.6. The van der Waals surface area contributed by atoms with Crippen molar-refractivity contribution in [1.29, 1.82) is 0 Å². The lowest BCUT2D eigenvalue weighted by molar-refractivity contribution is -0.459. The molecule has 7 atom stereocenters. The molecule has 0 heterocycles. The quantitative estimate of drug-likeness (QED) is 0.433. The summed E-state index contributed by atoms with van der Waals surface area (Å²) in [6.45, 7) is 5.18. The Kier molecular flexibility index (Phi) is 4.90. The molecule has 2 saturated carbocycles. The average Bonchev–Trinajstić information content (AvgIpc) is 2.74. The third-order valence-corrected chi connectivity index (χ3v) is 7.37. The van der Waals surface area contributed by atoms with Crippen LogP contribution in [0.3, 0.4) is 0 Å². The van der Waals surface area contributed by atoms with Crippen molar-refractivity contribution in [3.63, 3.8) is 0 Å². The number of benzene rings is 2. The van der Waals surface area contributed by atoms with Gasteiger partial charge in [0.15, 0.2) is 0 Å². The van der Waals surface area contributed by atoms with E-state index in [4.69, 9.17) is 0 Å². The molecule has 0 spiro atoms. The van der Waals surface area contributed by atoms with Gasteiger partial charge in [-0.15, -0.1) is 0 Å². The molecule has 2 aromatic rings. The van der Waals surface area contributed by atoms with Crippen LogP contribution in [0.2, 0.25) is 0 Å². The Morgan fingerprint density at radius 2 is 1.43 bits per heavy atom. The van der Waals surface area contributed by atoms with Gasteiger partial charge >= 0.3 is 0 Å². The molecule has 0 amide bonds. The van der Waals surface area contributed by atoms with Gasteiger partial charge in [-0.05, 0) is 29.5 Å². The predicted molar refractivity (Wildman–Crippen MR) is 111 cm³/mol. The van der Waals surface area contributed by atoms with E-state index in [1.54, 1.807) is 24.3 Å². The Morgan fingerprint density at radius 3 is 1.93 bits per heavy atom. The van der Waals surface area contributed by atoms with Crippen LogP contribution in [0.25, 0.3) is 0 Å². The predicted octanol–water partition coefficient (Wildman–Crippen LogP) is 0.920. The molecule has 2 fully saturated rings. The van der Waals surface area contributed by atoms with Crippen LogP contribution >= 0.6 is 0 Å². The first-order valence-electron chi connectivity index (χ1n) is 10.4. The lowest BCUT2D eigenvalue weighted by Gasteiger charge is -2.80. The highest BCUT2D eigenvalue weighted by atomic mass is 16.5. The van der Waals surface area contributed by atoms with Crippen LogP contribution in [-0.4, -0.2) is 66.3 Å². The zero-order valence-electron chi connectivity index (χ0n) is 17.4. The fourth-order valence-electron chi connectivity index (χ4n) is 5.66. The number of hydrogen-bond acceptors (Lipinski definition) is 6. The van der Waals surface area contributed by atoms with Crippen molar-refractivity contribution in [2.75, 3.05) is 6.61 Å². The van der Waals surface area contributed by atoms with E-state index in [9.17, 15) is 30.6 Å². The van der Waals surface area contributed by atoms with Gasteiger partial charge in [0.25, 0.3) is 0 Å². The zero-order valence-corrected chi connectivity index (χ0v) is 17.4. The van der Waals surface area contributed by atoms with E-state index < -0.39 is 47.5 Å². The Bertz CT molecular complexity index is 926. The molecule has 0 radical (unpaired) electrons. The molecular formula is C24H30O6. The number of fused-ring (bicyclic) bond motifs is 1. The molecule has 30 heavy (non-hydrogen) atoms. The van der Waals surface area contributed by atoms with Crippen LogP contribution < -0.4 is 0 Å². The summed E-state index contributed by atoms with van der Waals surface area (Å²) in [5.41, 5.74) is -3.48. The van der Waals surface area contributed by atoms with Crippen LogP contribution in [0.5, 0.6) is 0 Å². The first-order chi connectivity index (χ1) is 14.0. The van der Waals surface area contributed by atoms with E-state index in [0.717, 1.165) is 11.1 Å². The van der Waals surface area contributed by atoms with Crippen molar-refractivity contribution in [1.82, 2.24) is 0 Å². The highest BCUT2D eigenvalue weighted by Gasteiger charge is 2.93. The molecule has 0 bridgehead atoms. The van der Waals surface area contributed by atoms with Gasteiger partial charge in [-0.25, -0.2) is 0 Å². The summed E-state index contributed by atoms with van der Waals surface area (Å²) < 4.78 is 0. The molecule has 6 nitrogen and oxygen atoms in total. The molecule has 3 unspecified atom stereocenters. The highest BCUT2D eigenvalue weighted by molar-refractivity contribution is 5.56. The van der Waals surface area contributed by atoms with Crippen molar-refractivity contribution < 1.29 is 30.6 Å². The van der Waals surface area contributed by atoms with Crippen LogP contribution in [0.4, 0.5) is 0 Å². The van der Waals surface area contributed by atoms with Crippen molar-refractivity contribution >= 4 is 0 Å². The molecule has 162 valence electrons. The van der Waals surface area contributed by atoms with Crippen molar-refractivity contribution in [3.05, 3.63) is 70.8 Å². The monoisotopic (exact) mass is 414 g/mol. The largest absolute Gasteiger partial charge is 0.394 e. The minimum absolute atomic E-state index is 0.280. The SMILES string of the molecule is Cc1ccc(C2C(O)[C@@]3(O)C(c4ccc(C(C)C)cc4)[C@@](O)([C@H](O)CO)[C@@]23O)cc1. The Balaban J connectivity index is 1.81. The molecule has 6 heteroatoms. The lowest BCUT2D eigenvalue weighted by atomic mass is 9.30. The first-order valence-corrected chi connectivity index (χ1v) is 10.4. The van der Waals surface area contributed by atoms with E-state index in [0.29, 0.717) is 11.1 Å². The third kappa shape index (κ3) is 2.35. The fraction of sp³-hybridized carbons (Fsp3) is 0.500. The van der Waals surface area contributed by atoms with Crippen LogP contribution in [0.1, 0.15) is 53.9 Å². The molecule has 0 saturated heterocycles. The highest BCUT2D eigenvalue weighted by Crippen LogP contribution is 2.75. The molecule has 0 aromatic heterocycles. The summed E-state index contributed by atoms with van der Waals surface area (Å²) in [4.78, 5) is 0. The second kappa shape index (κ2) is 6.85. The molecular weight excluding hydrogens is 384 g/mol. The van der Waals surface area contributed by atoms with Gasteiger partial charge in [0.1, 0.15) is 22.9 Å². The number of aliphatic hydroxyl groups is 6. The topological polar surface area (TPSA) is 121 Å². The van der Waals surface area contributed by atoms with Crippen LogP contribution in [-0.2, 0) is 0 Å². The lowest BCUT2D eigenvalue weighted by Crippen LogP contribution is -2.99. The maximum atomic E-state index is 11.6. The number of hydrogen-bond donors (Lipinski definition) is 6. The van der Waals surface area contributed by atoms with E-state index >= 15 is 0 Å². The maximum Gasteiger partial charge on any atom is 0.138 e. The molecule has 6 N–H and O–H groups in total. The van der Waals surface area contributed by atoms with E-state index in [2.05, 4.69) is 0 Å². The summed E-state index contributed by atoms with van der Waals surface area (Å²) in [7, 11) is 0. The minimum atomic E-state index is -2.25. The second-order valence-electron chi connectivity index (χ2n) is 9.20. The molecule has 2 aromatic carbocycles. The summed E-state index contributed by atoms with van der Waals surface area (Å²) in [5.74, 6) is -1.90. The van der Waals surface area contributed by atoms with Crippen molar-refractivity contribution in [3.8, 4) is 0 Å². The minimum Gasteiger partial charge on any atom is -0.394 e. The Hall–Kier alpha value is -1.80. The van der Waals surface area contributed by atoms with Gasteiger partial charge in [0.05, 0.1) is 18.6 Å². The van der Waals surface area contributed by atoms with Gasteiger partial charge in [-0.2, -0.15) is 0 Å². The van der Waals surface area contributed by atoms with Crippen LogP contribution in [0, 0.1) is 6.92 Å². The van der Waals surface area contributed by atoms with Crippen molar-refractivity contribution in [2.45, 2.75) is 67.5 Å². The smallest absolute Gasteiger partial charge is 0.138 e. The van der Waals surface area contributed by atoms with Gasteiger partial charge in [-0.1, -0.05) is 67.9 Å². The normalized spacial score (nSPS) is 38.5. The first kappa shape index (κ1) is 21.4. The zero-order chi connectivity index (χ0) is 22.1. The Morgan fingerprint density at radius 1 is 0.900 bits per heavy atom. The Labute approximate surface area is 176 Å². The number of rotatable bonds is 5.